The fourth-order valence-electron chi connectivity index (χ4n) is 1.67. The van der Waals surface area contributed by atoms with Gasteiger partial charge in [-0.3, -0.25) is 0 Å². The highest BCUT2D eigenvalue weighted by molar-refractivity contribution is 7.89. The number of rotatable bonds is 6. The third-order valence-corrected chi connectivity index (χ3v) is 3.83. The van der Waals surface area contributed by atoms with Crippen molar-refractivity contribution in [3.05, 3.63) is 0 Å². The minimum Gasteiger partial charge on any atom is -0.320 e. The second-order valence-electron chi connectivity index (χ2n) is 3.91. The van der Waals surface area contributed by atoms with Crippen LogP contribution in [0.2, 0.25) is 0 Å². The van der Waals surface area contributed by atoms with Crippen LogP contribution >= 0.6 is 0 Å². The maximum Gasteiger partial charge on any atom is 0.224 e. The van der Waals surface area contributed by atoms with Crippen molar-refractivity contribution in [3.8, 4) is 0 Å². The SMILES string of the molecule is CNCCCS(=O)(=O)NN1CCCCC1. The van der Waals surface area contributed by atoms with Gasteiger partial charge in [-0.05, 0) is 32.9 Å². The van der Waals surface area contributed by atoms with Gasteiger partial charge in [-0.25, -0.2) is 13.4 Å². The number of piperidine rings is 1. The molecule has 5 nitrogen and oxygen atoms in total. The van der Waals surface area contributed by atoms with E-state index in [1.54, 1.807) is 0 Å². The fraction of sp³-hybridized carbons (Fsp3) is 1.00. The van der Waals surface area contributed by atoms with Gasteiger partial charge in [0.2, 0.25) is 10.0 Å². The number of sulfonamides is 1. The molecule has 2 N–H and O–H groups in total. The first-order valence-corrected chi connectivity index (χ1v) is 7.19. The van der Waals surface area contributed by atoms with Gasteiger partial charge in [-0.15, -0.1) is 4.83 Å². The molecule has 0 bridgehead atoms. The summed E-state index contributed by atoms with van der Waals surface area (Å²) in [7, 11) is -1.29. The monoisotopic (exact) mass is 235 g/mol. The topological polar surface area (TPSA) is 61.4 Å². The van der Waals surface area contributed by atoms with Crippen LogP contribution < -0.4 is 10.1 Å². The summed E-state index contributed by atoms with van der Waals surface area (Å²) in [4.78, 5) is 2.63. The Bertz CT molecular complexity index is 261. The van der Waals surface area contributed by atoms with E-state index in [1.165, 1.54) is 6.42 Å². The highest BCUT2D eigenvalue weighted by Crippen LogP contribution is 2.06. The zero-order valence-electron chi connectivity index (χ0n) is 9.33. The van der Waals surface area contributed by atoms with Gasteiger partial charge in [0.25, 0.3) is 0 Å². The molecular formula is C9H21N3O2S. The van der Waals surface area contributed by atoms with Crippen LogP contribution in [0.3, 0.4) is 0 Å². The van der Waals surface area contributed by atoms with E-state index < -0.39 is 10.0 Å². The van der Waals surface area contributed by atoms with Crippen LogP contribution in [0, 0.1) is 0 Å². The summed E-state index contributed by atoms with van der Waals surface area (Å²) in [5.41, 5.74) is 0. The summed E-state index contributed by atoms with van der Waals surface area (Å²) < 4.78 is 23.2. The van der Waals surface area contributed by atoms with E-state index in [1.807, 2.05) is 12.1 Å². The van der Waals surface area contributed by atoms with Gasteiger partial charge in [0, 0.05) is 13.1 Å². The van der Waals surface area contributed by atoms with Crippen LogP contribution in [-0.2, 0) is 10.0 Å². The summed E-state index contributed by atoms with van der Waals surface area (Å²) >= 11 is 0. The highest BCUT2D eigenvalue weighted by atomic mass is 32.2. The molecular weight excluding hydrogens is 214 g/mol. The Morgan fingerprint density at radius 1 is 1.20 bits per heavy atom. The summed E-state index contributed by atoms with van der Waals surface area (Å²) in [5.74, 6) is 0.199. The Labute approximate surface area is 92.2 Å². The average Bonchev–Trinajstić information content (AvgIpc) is 2.18. The van der Waals surface area contributed by atoms with Gasteiger partial charge in [-0.2, -0.15) is 0 Å². The van der Waals surface area contributed by atoms with Gasteiger partial charge in [0.15, 0.2) is 0 Å². The molecule has 90 valence electrons. The van der Waals surface area contributed by atoms with E-state index in [0.717, 1.165) is 32.5 Å². The third kappa shape index (κ3) is 5.46. The lowest BCUT2D eigenvalue weighted by Gasteiger charge is -2.26. The molecule has 0 atom stereocenters. The first kappa shape index (κ1) is 12.9. The van der Waals surface area contributed by atoms with Crippen LogP contribution in [-0.4, -0.2) is 45.9 Å². The van der Waals surface area contributed by atoms with Crippen LogP contribution in [0.25, 0.3) is 0 Å². The number of nitrogens with zero attached hydrogens (tertiary/aromatic N) is 1. The molecule has 0 aromatic rings. The smallest absolute Gasteiger partial charge is 0.224 e. The largest absolute Gasteiger partial charge is 0.320 e. The Kier molecular flexibility index (Phi) is 5.52. The minimum atomic E-state index is -3.12. The highest BCUT2D eigenvalue weighted by Gasteiger charge is 2.16. The van der Waals surface area contributed by atoms with Crippen LogP contribution in [0.1, 0.15) is 25.7 Å². The molecule has 0 aliphatic carbocycles. The standard InChI is InChI=1S/C9H21N3O2S/c1-10-6-5-9-15(13,14)11-12-7-3-2-4-8-12/h10-11H,2-9H2,1H3. The molecule has 0 radical (unpaired) electrons. The van der Waals surface area contributed by atoms with Gasteiger partial charge in [0.05, 0.1) is 5.75 Å². The Hall–Kier alpha value is -0.170. The molecule has 0 amide bonds. The van der Waals surface area contributed by atoms with E-state index in [4.69, 9.17) is 0 Å². The van der Waals surface area contributed by atoms with Crippen molar-refractivity contribution < 1.29 is 8.42 Å². The lowest BCUT2D eigenvalue weighted by molar-refractivity contribution is 0.200. The Morgan fingerprint density at radius 3 is 2.47 bits per heavy atom. The molecule has 0 spiro atoms. The number of hydrogen-bond acceptors (Lipinski definition) is 4. The van der Waals surface area contributed by atoms with E-state index in [-0.39, 0.29) is 5.75 Å². The molecule has 6 heteroatoms. The molecule has 1 saturated heterocycles. The van der Waals surface area contributed by atoms with Gasteiger partial charge in [0.1, 0.15) is 0 Å². The fourth-order valence-corrected chi connectivity index (χ4v) is 2.86. The van der Waals surface area contributed by atoms with Gasteiger partial charge in [-0.1, -0.05) is 6.42 Å². The summed E-state index contributed by atoms with van der Waals surface area (Å²) in [6.07, 6.45) is 4.02. The predicted molar refractivity (Wildman–Crippen MR) is 60.9 cm³/mol. The second kappa shape index (κ2) is 6.42. The molecule has 15 heavy (non-hydrogen) atoms. The summed E-state index contributed by atoms with van der Waals surface area (Å²) in [5, 5.41) is 4.76. The van der Waals surface area contributed by atoms with Crippen molar-refractivity contribution in [2.75, 3.05) is 32.4 Å². The van der Waals surface area contributed by atoms with Gasteiger partial charge < -0.3 is 5.32 Å². The van der Waals surface area contributed by atoms with Crippen LogP contribution in [0.4, 0.5) is 0 Å². The molecule has 1 aliphatic heterocycles. The molecule has 1 aliphatic rings. The van der Waals surface area contributed by atoms with Gasteiger partial charge >= 0.3 is 0 Å². The quantitative estimate of drug-likeness (QED) is 0.632. The van der Waals surface area contributed by atoms with Crippen molar-refractivity contribution in [1.29, 1.82) is 0 Å². The first-order chi connectivity index (χ1) is 7.14. The molecule has 1 fully saturated rings. The number of nitrogens with one attached hydrogen (secondary N) is 2. The van der Waals surface area contributed by atoms with E-state index in [2.05, 4.69) is 10.1 Å². The third-order valence-electron chi connectivity index (χ3n) is 2.46. The zero-order valence-corrected chi connectivity index (χ0v) is 10.1. The van der Waals surface area contributed by atoms with E-state index >= 15 is 0 Å². The Morgan fingerprint density at radius 2 is 1.87 bits per heavy atom. The molecule has 1 rings (SSSR count). The maximum atomic E-state index is 11.6. The predicted octanol–water partition coefficient (Wildman–Crippen LogP) is -0.0838. The zero-order chi connectivity index (χ0) is 11.1. The van der Waals surface area contributed by atoms with Crippen molar-refractivity contribution in [2.45, 2.75) is 25.7 Å². The van der Waals surface area contributed by atoms with Crippen molar-refractivity contribution >= 4 is 10.0 Å². The lowest BCUT2D eigenvalue weighted by atomic mass is 10.2. The van der Waals surface area contributed by atoms with Crippen LogP contribution in [0.15, 0.2) is 0 Å². The van der Waals surface area contributed by atoms with E-state index in [0.29, 0.717) is 6.42 Å². The van der Waals surface area contributed by atoms with Crippen LogP contribution in [0.5, 0.6) is 0 Å². The molecule has 0 saturated carbocycles. The normalized spacial score (nSPS) is 19.3. The molecule has 0 unspecified atom stereocenters. The minimum absolute atomic E-state index is 0.199. The van der Waals surface area contributed by atoms with Crippen molar-refractivity contribution in [3.63, 3.8) is 0 Å². The maximum absolute atomic E-state index is 11.6. The number of hydrogen-bond donors (Lipinski definition) is 2. The summed E-state index contributed by atoms with van der Waals surface area (Å²) in [6, 6.07) is 0. The Balaban J connectivity index is 2.27. The summed E-state index contributed by atoms with van der Waals surface area (Å²) in [6.45, 7) is 2.41. The molecule has 0 aromatic carbocycles. The second-order valence-corrected chi connectivity index (χ2v) is 5.74. The van der Waals surface area contributed by atoms with E-state index in [9.17, 15) is 8.42 Å². The molecule has 1 heterocycles. The molecule has 0 aromatic heterocycles. The number of hydrazine groups is 1. The first-order valence-electron chi connectivity index (χ1n) is 5.54. The lowest BCUT2D eigenvalue weighted by Crippen LogP contribution is -2.45. The average molecular weight is 235 g/mol. The van der Waals surface area contributed by atoms with Crippen molar-refractivity contribution in [2.24, 2.45) is 0 Å². The van der Waals surface area contributed by atoms with Crippen molar-refractivity contribution in [1.82, 2.24) is 15.2 Å².